The molecular weight excluding hydrogens is 348 g/mol. The first-order valence-corrected chi connectivity index (χ1v) is 9.63. The van der Waals surface area contributed by atoms with Crippen LogP contribution in [0.25, 0.3) is 0 Å². The zero-order valence-corrected chi connectivity index (χ0v) is 15.2. The monoisotopic (exact) mass is 368 g/mol. The maximum Gasteiger partial charge on any atom is 0.320 e. The van der Waals surface area contributed by atoms with Crippen molar-refractivity contribution >= 4 is 23.6 Å². The molecule has 2 aromatic rings. The van der Waals surface area contributed by atoms with Gasteiger partial charge in [-0.2, -0.15) is 0 Å². The van der Waals surface area contributed by atoms with E-state index in [9.17, 15) is 14.7 Å². The number of aliphatic carboxylic acids is 1. The molecule has 1 aliphatic carbocycles. The number of hydrogen-bond donors (Lipinski definition) is 1. The van der Waals surface area contributed by atoms with Crippen molar-refractivity contribution < 1.29 is 14.7 Å². The summed E-state index contributed by atoms with van der Waals surface area (Å²) in [6.45, 7) is 1.25. The fourth-order valence-electron chi connectivity index (χ4n) is 3.54. The molecule has 1 N–H and O–H groups in total. The van der Waals surface area contributed by atoms with Gasteiger partial charge in [-0.15, -0.1) is 11.8 Å². The van der Waals surface area contributed by atoms with Crippen LogP contribution in [0.5, 0.6) is 0 Å². The first-order valence-electron chi connectivity index (χ1n) is 8.81. The van der Waals surface area contributed by atoms with E-state index in [0.29, 0.717) is 36.4 Å². The molecule has 1 saturated carbocycles. The van der Waals surface area contributed by atoms with Crippen molar-refractivity contribution in [2.45, 2.75) is 41.9 Å². The Morgan fingerprint density at radius 1 is 1.15 bits per heavy atom. The summed E-state index contributed by atoms with van der Waals surface area (Å²) in [6, 6.07) is 9.94. The first-order chi connectivity index (χ1) is 12.6. The first kappa shape index (κ1) is 17.1. The molecule has 0 spiro atoms. The van der Waals surface area contributed by atoms with Gasteiger partial charge < -0.3 is 10.0 Å². The van der Waals surface area contributed by atoms with Crippen molar-refractivity contribution in [3.8, 4) is 0 Å². The Balaban J connectivity index is 1.59. The number of carboxylic acids is 1. The van der Waals surface area contributed by atoms with Crippen molar-refractivity contribution in [1.82, 2.24) is 9.88 Å². The second-order valence-corrected chi connectivity index (χ2v) is 8.30. The van der Waals surface area contributed by atoms with Crippen LogP contribution in [-0.4, -0.2) is 38.2 Å². The van der Waals surface area contributed by atoms with E-state index in [1.165, 1.54) is 22.9 Å². The quantitative estimate of drug-likeness (QED) is 0.896. The van der Waals surface area contributed by atoms with Gasteiger partial charge in [-0.3, -0.25) is 14.6 Å². The average Bonchev–Trinajstić information content (AvgIpc) is 2.63. The van der Waals surface area contributed by atoms with E-state index < -0.39 is 10.7 Å². The van der Waals surface area contributed by atoms with Crippen molar-refractivity contribution in [1.29, 1.82) is 0 Å². The zero-order valence-electron chi connectivity index (χ0n) is 14.4. The lowest BCUT2D eigenvalue weighted by atomic mass is 9.84. The number of pyridine rings is 1. The Hall–Kier alpha value is -2.34. The van der Waals surface area contributed by atoms with E-state index >= 15 is 0 Å². The number of benzene rings is 1. The second kappa shape index (κ2) is 6.76. The van der Waals surface area contributed by atoms with Gasteiger partial charge in [0.05, 0.1) is 5.56 Å². The minimum atomic E-state index is -0.801. The van der Waals surface area contributed by atoms with Crippen LogP contribution in [-0.2, 0) is 17.8 Å². The number of carboxylic acid groups (broad SMARTS) is 1. The van der Waals surface area contributed by atoms with Crippen LogP contribution in [0.3, 0.4) is 0 Å². The summed E-state index contributed by atoms with van der Waals surface area (Å²) in [5, 5.41) is 9.60. The number of carbonyl (C=O) groups is 2. The molecule has 1 amide bonds. The van der Waals surface area contributed by atoms with E-state index in [1.54, 1.807) is 18.5 Å². The van der Waals surface area contributed by atoms with Gasteiger partial charge in [0.15, 0.2) is 0 Å². The van der Waals surface area contributed by atoms with Crippen molar-refractivity contribution in [2.24, 2.45) is 0 Å². The summed E-state index contributed by atoms with van der Waals surface area (Å²) < 4.78 is -0.801. The number of fused-ring (bicyclic) bond motifs is 1. The average molecular weight is 368 g/mol. The number of nitrogens with zero attached hydrogens (tertiary/aromatic N) is 2. The van der Waals surface area contributed by atoms with E-state index in [-0.39, 0.29) is 5.91 Å². The van der Waals surface area contributed by atoms with E-state index in [4.69, 9.17) is 0 Å². The van der Waals surface area contributed by atoms with E-state index in [0.717, 1.165) is 12.8 Å². The van der Waals surface area contributed by atoms with Gasteiger partial charge in [0.1, 0.15) is 4.75 Å². The zero-order chi connectivity index (χ0) is 18.1. The summed E-state index contributed by atoms with van der Waals surface area (Å²) >= 11 is 1.30. The fourth-order valence-corrected chi connectivity index (χ4v) is 4.92. The third kappa shape index (κ3) is 2.98. The lowest BCUT2D eigenvalue weighted by Gasteiger charge is -2.37. The van der Waals surface area contributed by atoms with Gasteiger partial charge in [0.25, 0.3) is 5.91 Å². The van der Waals surface area contributed by atoms with Crippen LogP contribution in [0, 0.1) is 0 Å². The molecule has 1 aliphatic heterocycles. The van der Waals surface area contributed by atoms with Gasteiger partial charge in [0.2, 0.25) is 0 Å². The highest BCUT2D eigenvalue weighted by molar-refractivity contribution is 8.01. The molecule has 2 heterocycles. The molecule has 1 fully saturated rings. The minimum Gasteiger partial charge on any atom is -0.480 e. The van der Waals surface area contributed by atoms with Gasteiger partial charge in [-0.25, -0.2) is 0 Å². The van der Waals surface area contributed by atoms with Gasteiger partial charge >= 0.3 is 5.97 Å². The molecule has 4 rings (SSSR count). The summed E-state index contributed by atoms with van der Waals surface area (Å²) in [7, 11) is 0. The minimum absolute atomic E-state index is 0.0741. The number of rotatable bonds is 4. The third-order valence-corrected chi connectivity index (χ3v) is 6.84. The highest BCUT2D eigenvalue weighted by Crippen LogP contribution is 2.48. The molecule has 2 aliphatic rings. The summed E-state index contributed by atoms with van der Waals surface area (Å²) in [4.78, 5) is 31.5. The molecule has 0 unspecified atom stereocenters. The maximum atomic E-state index is 13.1. The molecule has 5 nitrogen and oxygen atoms in total. The van der Waals surface area contributed by atoms with Crippen LogP contribution in [0.15, 0.2) is 47.6 Å². The smallest absolute Gasteiger partial charge is 0.320 e. The summed E-state index contributed by atoms with van der Waals surface area (Å²) in [5.41, 5.74) is 2.97. The Morgan fingerprint density at radius 3 is 2.62 bits per heavy atom. The summed E-state index contributed by atoms with van der Waals surface area (Å²) in [5.74, 6) is -0.870. The molecule has 1 aromatic carbocycles. The maximum absolute atomic E-state index is 13.1. The Morgan fingerprint density at radius 2 is 1.92 bits per heavy atom. The standard InChI is InChI=1S/C20H20N2O3S/c23-18(22-11-7-14-4-1-2-5-15(14)13-22)16-12-21-10-6-17(16)26-20(19(24)25)8-3-9-20/h1-2,4-6,10,12H,3,7-9,11,13H2,(H,24,25). The number of hydrogen-bond acceptors (Lipinski definition) is 4. The lowest BCUT2D eigenvalue weighted by molar-refractivity contribution is -0.142. The van der Waals surface area contributed by atoms with Crippen molar-refractivity contribution in [3.05, 3.63) is 59.4 Å². The van der Waals surface area contributed by atoms with Crippen molar-refractivity contribution in [2.75, 3.05) is 6.54 Å². The lowest BCUT2D eigenvalue weighted by Crippen LogP contribution is -2.42. The van der Waals surface area contributed by atoms with Crippen LogP contribution >= 0.6 is 11.8 Å². The Bertz CT molecular complexity index is 864. The van der Waals surface area contributed by atoms with E-state index in [2.05, 4.69) is 17.1 Å². The molecule has 0 bridgehead atoms. The number of aromatic nitrogens is 1. The highest BCUT2D eigenvalue weighted by Gasteiger charge is 2.46. The number of thioether (sulfide) groups is 1. The normalized spacial score (nSPS) is 17.9. The van der Waals surface area contributed by atoms with E-state index in [1.807, 2.05) is 17.0 Å². The second-order valence-electron chi connectivity index (χ2n) is 6.87. The fraction of sp³-hybridized carbons (Fsp3) is 0.350. The molecule has 0 atom stereocenters. The Kier molecular flexibility index (Phi) is 4.44. The predicted octanol–water partition coefficient (Wildman–Crippen LogP) is 3.38. The number of carbonyl (C=O) groups excluding carboxylic acids is 1. The third-order valence-electron chi connectivity index (χ3n) is 5.29. The van der Waals surface area contributed by atoms with Crippen molar-refractivity contribution in [3.63, 3.8) is 0 Å². The SMILES string of the molecule is O=C(c1cnccc1SC1(C(=O)O)CCC1)N1CCc2ccccc2C1. The molecule has 6 heteroatoms. The molecule has 134 valence electrons. The van der Waals surface area contributed by atoms with Crippen LogP contribution in [0.4, 0.5) is 0 Å². The molecule has 1 aromatic heterocycles. The van der Waals surface area contributed by atoms with Crippen LogP contribution < -0.4 is 0 Å². The topological polar surface area (TPSA) is 70.5 Å². The largest absolute Gasteiger partial charge is 0.480 e. The van der Waals surface area contributed by atoms with Gasteiger partial charge in [-0.05, 0) is 42.9 Å². The van der Waals surface area contributed by atoms with Gasteiger partial charge in [-0.1, -0.05) is 24.3 Å². The molecule has 26 heavy (non-hydrogen) atoms. The van der Waals surface area contributed by atoms with Gasteiger partial charge in [0, 0.05) is 30.4 Å². The summed E-state index contributed by atoms with van der Waals surface area (Å²) in [6.07, 6.45) is 6.22. The Labute approximate surface area is 156 Å². The number of amides is 1. The van der Waals surface area contributed by atoms with Crippen LogP contribution in [0.2, 0.25) is 0 Å². The predicted molar refractivity (Wildman–Crippen MR) is 99.2 cm³/mol. The molecule has 0 radical (unpaired) electrons. The highest BCUT2D eigenvalue weighted by atomic mass is 32.2. The molecule has 0 saturated heterocycles. The molecular formula is C20H20N2O3S. The van der Waals surface area contributed by atoms with Crippen LogP contribution in [0.1, 0.15) is 40.7 Å².